The van der Waals surface area contributed by atoms with Gasteiger partial charge in [-0.3, -0.25) is 14.4 Å². The van der Waals surface area contributed by atoms with Crippen molar-refractivity contribution >= 4 is 23.8 Å². The lowest BCUT2D eigenvalue weighted by Crippen LogP contribution is -2.46. The number of nitrogens with zero attached hydrogens (tertiary/aromatic N) is 1. The number of carbonyl (C=O) groups is 4. The Morgan fingerprint density at radius 3 is 2.67 bits per heavy atom. The number of carbonyl (C=O) groups excluding carboxylic acids is 4. The number of cyclic esters (lactones) is 2. The molecule has 1 N–H and O–H groups in total. The zero-order chi connectivity index (χ0) is 29.7. The zero-order valence-corrected chi connectivity index (χ0v) is 23.6. The molecule has 2 unspecified atom stereocenters. The summed E-state index contributed by atoms with van der Waals surface area (Å²) in [7, 11) is 1.36. The highest BCUT2D eigenvalue weighted by Gasteiger charge is 2.33. The van der Waals surface area contributed by atoms with Crippen LogP contribution in [0, 0.1) is 23.7 Å². The summed E-state index contributed by atoms with van der Waals surface area (Å²) >= 11 is 0. The lowest BCUT2D eigenvalue weighted by molar-refractivity contribution is -0.154. The van der Waals surface area contributed by atoms with Gasteiger partial charge in [-0.1, -0.05) is 31.9 Å². The minimum atomic E-state index is -1.31. The van der Waals surface area contributed by atoms with E-state index in [9.17, 15) is 19.2 Å². The van der Waals surface area contributed by atoms with Crippen LogP contribution in [0.3, 0.4) is 0 Å². The molecule has 2 rings (SSSR count). The summed E-state index contributed by atoms with van der Waals surface area (Å²) in [6, 6.07) is 0.144. The van der Waals surface area contributed by atoms with Crippen molar-refractivity contribution in [2.75, 3.05) is 20.5 Å². The van der Waals surface area contributed by atoms with Crippen molar-refractivity contribution in [1.29, 1.82) is 0 Å². The van der Waals surface area contributed by atoms with Crippen molar-refractivity contribution in [3.63, 3.8) is 0 Å². The van der Waals surface area contributed by atoms with Gasteiger partial charge >= 0.3 is 17.9 Å². The summed E-state index contributed by atoms with van der Waals surface area (Å²) in [5, 5.41) is 2.50. The molecule has 0 spiro atoms. The summed E-state index contributed by atoms with van der Waals surface area (Å²) in [6.45, 7) is 7.63. The Labute approximate surface area is 234 Å². The van der Waals surface area contributed by atoms with E-state index < -0.39 is 55.3 Å². The van der Waals surface area contributed by atoms with Crippen LogP contribution in [0.15, 0.2) is 36.1 Å². The van der Waals surface area contributed by atoms with Crippen molar-refractivity contribution < 1.29 is 42.9 Å². The molecule has 0 aliphatic carbocycles. The van der Waals surface area contributed by atoms with Gasteiger partial charge in [0.2, 0.25) is 6.79 Å². The minimum Gasteiger partial charge on any atom is -0.493 e. The monoisotopic (exact) mass is 556 g/mol. The molecule has 1 amide bonds. The standard InChI is InChI=1S/C29H36N2O9/c1-7-9-11-20(10-8-2)15-21-14-19(5)40-29(35)22(16-37-28(21)34)31-26(32)24-25(23(36-6)12-13-30-24)38-17-39-27(33)18(3)4/h8,10-13,18-19,21-22H,14-17H2,1-6H3,(H,31,32)/b10-8-,20-11+/t19?,21?,22-/m0/s1. The summed E-state index contributed by atoms with van der Waals surface area (Å²) in [6.07, 6.45) is 6.68. The maximum Gasteiger partial charge on any atom is 0.332 e. The number of aromatic nitrogens is 1. The molecule has 2 heterocycles. The van der Waals surface area contributed by atoms with Crippen LogP contribution in [0.25, 0.3) is 0 Å². The number of pyridine rings is 1. The maximum atomic E-state index is 13.2. The van der Waals surface area contributed by atoms with Crippen molar-refractivity contribution in [1.82, 2.24) is 10.3 Å². The summed E-state index contributed by atoms with van der Waals surface area (Å²) in [5.41, 5.74) is 0.597. The van der Waals surface area contributed by atoms with E-state index in [4.69, 9.17) is 23.7 Å². The van der Waals surface area contributed by atoms with E-state index >= 15 is 0 Å². The van der Waals surface area contributed by atoms with E-state index in [0.29, 0.717) is 6.42 Å². The smallest absolute Gasteiger partial charge is 0.332 e. The van der Waals surface area contributed by atoms with Gasteiger partial charge in [0.25, 0.3) is 5.91 Å². The number of hydrogen-bond acceptors (Lipinski definition) is 10. The zero-order valence-electron chi connectivity index (χ0n) is 23.6. The Morgan fingerprint density at radius 2 is 2.02 bits per heavy atom. The Bertz CT molecular complexity index is 1190. The van der Waals surface area contributed by atoms with Crippen LogP contribution in [0.4, 0.5) is 0 Å². The molecule has 1 aromatic rings. The Morgan fingerprint density at radius 1 is 1.27 bits per heavy atom. The van der Waals surface area contributed by atoms with Crippen molar-refractivity contribution in [3.8, 4) is 23.3 Å². The van der Waals surface area contributed by atoms with Gasteiger partial charge in [-0.05, 0) is 45.3 Å². The fraction of sp³-hybridized carbons (Fsp3) is 0.483. The van der Waals surface area contributed by atoms with E-state index in [2.05, 4.69) is 22.1 Å². The molecule has 0 aromatic carbocycles. The number of rotatable bonds is 10. The largest absolute Gasteiger partial charge is 0.493 e. The summed E-state index contributed by atoms with van der Waals surface area (Å²) in [5.74, 6) is 2.14. The first-order valence-corrected chi connectivity index (χ1v) is 12.9. The summed E-state index contributed by atoms with van der Waals surface area (Å²) in [4.78, 5) is 54.9. The molecule has 11 nitrogen and oxygen atoms in total. The molecule has 3 atom stereocenters. The van der Waals surface area contributed by atoms with Crippen LogP contribution < -0.4 is 14.8 Å². The average Bonchev–Trinajstić information content (AvgIpc) is 2.96. The number of esters is 3. The highest BCUT2D eigenvalue weighted by molar-refractivity contribution is 5.98. The van der Waals surface area contributed by atoms with Crippen molar-refractivity contribution in [3.05, 3.63) is 41.8 Å². The SMILES string of the molecule is CC#C/C=C(\C=C/C)CC1CC(C)OC(=O)[C@@H](NC(=O)c2nccc(OC)c2OCOC(=O)C(C)C)COC1=O. The molecule has 0 saturated carbocycles. The second-order valence-electron chi connectivity index (χ2n) is 9.23. The van der Waals surface area contributed by atoms with Gasteiger partial charge in [0, 0.05) is 12.3 Å². The van der Waals surface area contributed by atoms with Crippen molar-refractivity contribution in [2.24, 2.45) is 11.8 Å². The third-order valence-corrected chi connectivity index (χ3v) is 5.69. The topological polar surface area (TPSA) is 139 Å². The Balaban J connectivity index is 2.21. The quantitative estimate of drug-likeness (QED) is 0.150. The van der Waals surface area contributed by atoms with Crippen LogP contribution in [0.1, 0.15) is 57.9 Å². The third-order valence-electron chi connectivity index (χ3n) is 5.69. The molecular weight excluding hydrogens is 520 g/mol. The first kappa shape index (κ1) is 31.9. The fourth-order valence-electron chi connectivity index (χ4n) is 3.71. The van der Waals surface area contributed by atoms with Crippen LogP contribution in [0.5, 0.6) is 11.5 Å². The van der Waals surface area contributed by atoms with E-state index in [1.165, 1.54) is 19.4 Å². The highest BCUT2D eigenvalue weighted by Crippen LogP contribution is 2.30. The number of amides is 1. The van der Waals surface area contributed by atoms with E-state index in [1.54, 1.807) is 33.8 Å². The van der Waals surface area contributed by atoms with Gasteiger partial charge in [-0.15, -0.1) is 5.92 Å². The van der Waals surface area contributed by atoms with Gasteiger partial charge in [0.15, 0.2) is 23.2 Å². The minimum absolute atomic E-state index is 0.0978. The number of allylic oxidation sites excluding steroid dienone is 4. The van der Waals surface area contributed by atoms with Gasteiger partial charge in [-0.2, -0.15) is 0 Å². The third kappa shape index (κ3) is 9.45. The number of nitrogens with one attached hydrogen (secondary N) is 1. The Hall–Kier alpha value is -4.33. The highest BCUT2D eigenvalue weighted by atomic mass is 16.7. The van der Waals surface area contributed by atoms with Gasteiger partial charge in [-0.25, -0.2) is 9.78 Å². The Kier molecular flexibility index (Phi) is 12.7. The molecule has 0 radical (unpaired) electrons. The molecule has 40 heavy (non-hydrogen) atoms. The predicted octanol–water partition coefficient (Wildman–Crippen LogP) is 3.13. The molecule has 1 fully saturated rings. The lowest BCUT2D eigenvalue weighted by atomic mass is 9.93. The van der Waals surface area contributed by atoms with Crippen molar-refractivity contribution in [2.45, 2.75) is 59.6 Å². The number of methoxy groups -OCH3 is 1. The molecule has 0 bridgehead atoms. The molecule has 1 saturated heterocycles. The van der Waals surface area contributed by atoms with Crippen LogP contribution in [0.2, 0.25) is 0 Å². The average molecular weight is 557 g/mol. The van der Waals surface area contributed by atoms with E-state index in [0.717, 1.165) is 5.57 Å². The van der Waals surface area contributed by atoms with Crippen LogP contribution in [-0.2, 0) is 28.6 Å². The second kappa shape index (κ2) is 15.9. The normalized spacial score (nSPS) is 19.8. The van der Waals surface area contributed by atoms with Gasteiger partial charge < -0.3 is 29.0 Å². The van der Waals surface area contributed by atoms with E-state index in [-0.39, 0.29) is 29.5 Å². The molecule has 1 aliphatic heterocycles. The van der Waals surface area contributed by atoms with E-state index in [1.807, 2.05) is 19.1 Å². The molecule has 1 aliphatic rings. The molecule has 1 aromatic heterocycles. The second-order valence-corrected chi connectivity index (χ2v) is 9.23. The first-order chi connectivity index (χ1) is 19.1. The molecular formula is C29H36N2O9. The maximum absolute atomic E-state index is 13.2. The fourth-order valence-corrected chi connectivity index (χ4v) is 3.71. The van der Waals surface area contributed by atoms with Crippen LogP contribution >= 0.6 is 0 Å². The predicted molar refractivity (Wildman–Crippen MR) is 144 cm³/mol. The first-order valence-electron chi connectivity index (χ1n) is 12.9. The van der Waals surface area contributed by atoms with Gasteiger partial charge in [0.05, 0.1) is 25.0 Å². The summed E-state index contributed by atoms with van der Waals surface area (Å²) < 4.78 is 26.7. The van der Waals surface area contributed by atoms with Gasteiger partial charge in [0.1, 0.15) is 6.61 Å². The van der Waals surface area contributed by atoms with Crippen LogP contribution in [-0.4, -0.2) is 61.5 Å². The lowest BCUT2D eigenvalue weighted by Gasteiger charge is -2.19. The molecule has 11 heteroatoms. The number of hydrogen-bond donors (Lipinski definition) is 1. The number of ether oxygens (including phenoxy) is 5. The molecule has 216 valence electrons.